The van der Waals surface area contributed by atoms with E-state index in [1.165, 1.54) is 11.8 Å². The number of fused-ring (bicyclic) bond motifs is 3. The molecule has 0 bridgehead atoms. The number of nitrogens with one attached hydrogen (secondary N) is 1. The number of sulfonamides is 1. The number of esters is 1. The third-order valence-corrected chi connectivity index (χ3v) is 7.46. The predicted molar refractivity (Wildman–Crippen MR) is 125 cm³/mol. The molecule has 2 aromatic carbocycles. The van der Waals surface area contributed by atoms with Crippen molar-refractivity contribution >= 4 is 50.3 Å². The lowest BCUT2D eigenvalue weighted by molar-refractivity contribution is -0.125. The number of benzene rings is 2. The van der Waals surface area contributed by atoms with Crippen LogP contribution in [0.15, 0.2) is 68.4 Å². The molecule has 2 aliphatic heterocycles. The molecule has 0 saturated heterocycles. The molecule has 1 amide bonds. The van der Waals surface area contributed by atoms with Gasteiger partial charge in [-0.15, -0.1) is 4.40 Å². The minimum Gasteiger partial charge on any atom is -0.444 e. The van der Waals surface area contributed by atoms with Crippen molar-refractivity contribution in [3.63, 3.8) is 0 Å². The second-order valence-electron chi connectivity index (χ2n) is 7.60. The number of thioether (sulfide) groups is 1. The molecule has 12 heteroatoms. The van der Waals surface area contributed by atoms with E-state index in [0.29, 0.717) is 27.9 Å². The van der Waals surface area contributed by atoms with E-state index in [2.05, 4.69) is 14.9 Å². The first-order valence-electron chi connectivity index (χ1n) is 10.2. The predicted octanol–water partition coefficient (Wildman–Crippen LogP) is 3.13. The summed E-state index contributed by atoms with van der Waals surface area (Å²) in [4.78, 5) is 28.5. The van der Waals surface area contributed by atoms with Crippen molar-refractivity contribution < 1.29 is 27.3 Å². The van der Waals surface area contributed by atoms with Gasteiger partial charge in [0.25, 0.3) is 15.9 Å². The SMILES string of the molecule is Cc1cc(NC(=O)C(OC(=O)c2ccc3c(c2)SC2=NS(=O)(=O)CCN23)c2ccccc2)no1. The van der Waals surface area contributed by atoms with Gasteiger partial charge in [0.1, 0.15) is 5.76 Å². The van der Waals surface area contributed by atoms with Crippen LogP contribution in [0.3, 0.4) is 0 Å². The maximum atomic E-state index is 13.0. The normalized spacial score (nSPS) is 16.7. The van der Waals surface area contributed by atoms with Gasteiger partial charge in [-0.2, -0.15) is 0 Å². The van der Waals surface area contributed by atoms with Gasteiger partial charge in [-0.05, 0) is 36.9 Å². The average Bonchev–Trinajstić information content (AvgIpc) is 3.38. The molecular weight excluding hydrogens is 480 g/mol. The fourth-order valence-corrected chi connectivity index (χ4v) is 5.85. The fourth-order valence-electron chi connectivity index (χ4n) is 3.55. The molecule has 174 valence electrons. The summed E-state index contributed by atoms with van der Waals surface area (Å²) in [7, 11) is -3.48. The van der Waals surface area contributed by atoms with E-state index < -0.39 is 28.0 Å². The van der Waals surface area contributed by atoms with Crippen LogP contribution >= 0.6 is 11.8 Å². The van der Waals surface area contributed by atoms with Gasteiger partial charge in [0.2, 0.25) is 6.10 Å². The van der Waals surface area contributed by atoms with E-state index >= 15 is 0 Å². The molecule has 0 radical (unpaired) electrons. The lowest BCUT2D eigenvalue weighted by atomic mass is 10.1. The van der Waals surface area contributed by atoms with Crippen molar-refractivity contribution in [3.8, 4) is 0 Å². The van der Waals surface area contributed by atoms with Crippen LogP contribution in [-0.4, -0.2) is 42.9 Å². The van der Waals surface area contributed by atoms with Crippen LogP contribution in [0.2, 0.25) is 0 Å². The first-order valence-corrected chi connectivity index (χ1v) is 12.6. The van der Waals surface area contributed by atoms with Gasteiger partial charge < -0.3 is 19.5 Å². The van der Waals surface area contributed by atoms with Crippen LogP contribution < -0.4 is 10.2 Å². The van der Waals surface area contributed by atoms with E-state index in [0.717, 1.165) is 5.69 Å². The minimum absolute atomic E-state index is 0.0702. The molecule has 34 heavy (non-hydrogen) atoms. The van der Waals surface area contributed by atoms with E-state index in [4.69, 9.17) is 9.26 Å². The molecule has 2 aliphatic rings. The number of ether oxygens (including phenoxy) is 1. The minimum atomic E-state index is -3.48. The molecule has 10 nitrogen and oxygen atoms in total. The number of hydrogen-bond acceptors (Lipinski definition) is 9. The number of amides is 1. The Labute approximate surface area is 199 Å². The lowest BCUT2D eigenvalue weighted by Crippen LogP contribution is -2.35. The Hall–Kier alpha value is -3.64. The summed E-state index contributed by atoms with van der Waals surface area (Å²) >= 11 is 1.17. The molecule has 1 atom stereocenters. The molecular formula is C22H18N4O6S2. The highest BCUT2D eigenvalue weighted by Crippen LogP contribution is 2.42. The highest BCUT2D eigenvalue weighted by Gasteiger charge is 2.34. The first-order chi connectivity index (χ1) is 16.3. The molecule has 1 aromatic heterocycles. The number of rotatable bonds is 5. The highest BCUT2D eigenvalue weighted by atomic mass is 32.2. The van der Waals surface area contributed by atoms with Crippen molar-refractivity contribution in [2.24, 2.45) is 4.40 Å². The quantitative estimate of drug-likeness (QED) is 0.527. The highest BCUT2D eigenvalue weighted by molar-refractivity contribution is 8.15. The zero-order chi connectivity index (χ0) is 23.9. The van der Waals surface area contributed by atoms with Crippen LogP contribution in [0.5, 0.6) is 0 Å². The zero-order valence-corrected chi connectivity index (χ0v) is 19.4. The van der Waals surface area contributed by atoms with E-state index in [-0.39, 0.29) is 17.1 Å². The second-order valence-corrected chi connectivity index (χ2v) is 10.4. The summed E-state index contributed by atoms with van der Waals surface area (Å²) < 4.78 is 38.0. The van der Waals surface area contributed by atoms with Crippen molar-refractivity contribution in [1.82, 2.24) is 5.16 Å². The average molecular weight is 499 g/mol. The van der Waals surface area contributed by atoms with Crippen molar-refractivity contribution in [2.75, 3.05) is 22.5 Å². The number of amidine groups is 1. The molecule has 0 saturated carbocycles. The molecule has 0 aliphatic carbocycles. The maximum absolute atomic E-state index is 13.0. The van der Waals surface area contributed by atoms with Crippen molar-refractivity contribution in [2.45, 2.75) is 17.9 Å². The van der Waals surface area contributed by atoms with Crippen LogP contribution in [0.4, 0.5) is 11.5 Å². The topological polar surface area (TPSA) is 131 Å². The number of hydrogen-bond donors (Lipinski definition) is 1. The van der Waals surface area contributed by atoms with Gasteiger partial charge in [-0.1, -0.05) is 35.5 Å². The van der Waals surface area contributed by atoms with Crippen LogP contribution in [0.1, 0.15) is 27.8 Å². The second kappa shape index (κ2) is 8.61. The Bertz CT molecular complexity index is 1420. The largest absolute Gasteiger partial charge is 0.444 e. The Morgan fingerprint density at radius 1 is 1.18 bits per heavy atom. The van der Waals surface area contributed by atoms with Gasteiger partial charge in [0, 0.05) is 23.1 Å². The number of anilines is 2. The van der Waals surface area contributed by atoms with E-state index in [1.54, 1.807) is 66.4 Å². The van der Waals surface area contributed by atoms with Gasteiger partial charge in [-0.3, -0.25) is 4.79 Å². The van der Waals surface area contributed by atoms with Gasteiger partial charge in [0.05, 0.1) is 17.0 Å². The fraction of sp³-hybridized carbons (Fsp3) is 0.182. The van der Waals surface area contributed by atoms with Gasteiger partial charge in [0.15, 0.2) is 11.0 Å². The van der Waals surface area contributed by atoms with Crippen molar-refractivity contribution in [3.05, 3.63) is 71.5 Å². The standard InChI is InChI=1S/C22H18N4O6S2/c1-13-11-18(24-32-13)23-20(27)19(14-5-3-2-4-6-14)31-21(28)15-7-8-16-17(12-15)33-22-25-34(29,30)10-9-26(16)22/h2-8,11-12,19H,9-10H2,1H3,(H,23,24,27). The molecule has 1 unspecified atom stereocenters. The van der Waals surface area contributed by atoms with Crippen molar-refractivity contribution in [1.29, 1.82) is 0 Å². The Morgan fingerprint density at radius 2 is 1.97 bits per heavy atom. The third-order valence-electron chi connectivity index (χ3n) is 5.15. The molecule has 3 aromatic rings. The molecule has 0 fully saturated rings. The molecule has 1 N–H and O–H groups in total. The first kappa shape index (κ1) is 22.2. The number of carbonyl (C=O) groups is 2. The van der Waals surface area contributed by atoms with E-state index in [9.17, 15) is 18.0 Å². The third kappa shape index (κ3) is 4.41. The van der Waals surface area contributed by atoms with Crippen LogP contribution in [0, 0.1) is 6.92 Å². The summed E-state index contributed by atoms with van der Waals surface area (Å²) in [6, 6.07) is 15.1. The molecule has 3 heterocycles. The summed E-state index contributed by atoms with van der Waals surface area (Å²) in [6.07, 6.45) is -1.23. The molecule has 5 rings (SSSR count). The van der Waals surface area contributed by atoms with Crippen LogP contribution in [-0.2, 0) is 19.6 Å². The van der Waals surface area contributed by atoms with Gasteiger partial charge >= 0.3 is 5.97 Å². The van der Waals surface area contributed by atoms with Gasteiger partial charge in [-0.25, -0.2) is 13.2 Å². The summed E-state index contributed by atoms with van der Waals surface area (Å²) in [5.41, 5.74) is 1.48. The summed E-state index contributed by atoms with van der Waals surface area (Å²) in [6.45, 7) is 1.99. The summed E-state index contributed by atoms with van der Waals surface area (Å²) in [5, 5.41) is 6.70. The number of aromatic nitrogens is 1. The smallest absolute Gasteiger partial charge is 0.339 e. The Kier molecular flexibility index (Phi) is 5.62. The Morgan fingerprint density at radius 3 is 2.71 bits per heavy atom. The van der Waals surface area contributed by atoms with E-state index in [1.807, 2.05) is 0 Å². The molecule has 0 spiro atoms. The lowest BCUT2D eigenvalue weighted by Gasteiger charge is -2.22. The number of aryl methyl sites for hydroxylation is 1. The number of carbonyl (C=O) groups excluding carboxylic acids is 2. The van der Waals surface area contributed by atoms with Crippen LogP contribution in [0.25, 0.3) is 0 Å². The number of nitrogens with zero attached hydrogens (tertiary/aromatic N) is 3. The summed E-state index contributed by atoms with van der Waals surface area (Å²) in [5.74, 6) is -0.629. The Balaban J connectivity index is 1.39. The zero-order valence-electron chi connectivity index (χ0n) is 17.8. The monoisotopic (exact) mass is 498 g/mol. The maximum Gasteiger partial charge on any atom is 0.339 e.